The summed E-state index contributed by atoms with van der Waals surface area (Å²) >= 11 is 0. The summed E-state index contributed by atoms with van der Waals surface area (Å²) in [6.45, 7) is 8.38. The molecule has 2 heteroatoms. The van der Waals surface area contributed by atoms with Crippen molar-refractivity contribution in [3.63, 3.8) is 0 Å². The van der Waals surface area contributed by atoms with Gasteiger partial charge in [0.05, 0.1) is 6.54 Å². The summed E-state index contributed by atoms with van der Waals surface area (Å²) in [7, 11) is 0. The van der Waals surface area contributed by atoms with Gasteiger partial charge in [-0.05, 0) is 53.0 Å². The molecule has 2 aliphatic rings. The third kappa shape index (κ3) is 3.36. The number of Topliss-reactive ketones (excluding diaryl/α,β-unsaturated/α-hetero) is 1. The van der Waals surface area contributed by atoms with E-state index in [1.807, 2.05) is 0 Å². The maximum Gasteiger partial charge on any atom is 0.137 e. The van der Waals surface area contributed by atoms with Crippen molar-refractivity contribution in [1.82, 2.24) is 4.90 Å². The lowest BCUT2D eigenvalue weighted by atomic mass is 9.95. The molecule has 2 unspecified atom stereocenters. The molecule has 0 bridgehead atoms. The van der Waals surface area contributed by atoms with Crippen LogP contribution in [0.2, 0.25) is 0 Å². The lowest BCUT2D eigenvalue weighted by Gasteiger charge is -2.26. The first-order valence-corrected chi connectivity index (χ1v) is 7.24. The normalized spacial score (nSPS) is 29.4. The number of rotatable bonds is 2. The number of ketones is 1. The standard InChI is InChI=1S/C16H25NO/c1-16(2,3)10-6-12-17-11-5-8-14(17)13-7-4-9-15(13)18/h13-14H,4-5,7-9,11-12H2,1-3H3. The Bertz CT molecular complexity index is 369. The molecule has 2 fully saturated rings. The molecule has 0 amide bonds. The highest BCUT2D eigenvalue weighted by Gasteiger charge is 2.37. The molecule has 1 heterocycles. The third-order valence-corrected chi connectivity index (χ3v) is 3.98. The molecule has 2 nitrogen and oxygen atoms in total. The van der Waals surface area contributed by atoms with Gasteiger partial charge in [-0.2, -0.15) is 0 Å². The Morgan fingerprint density at radius 1 is 1.28 bits per heavy atom. The van der Waals surface area contributed by atoms with Crippen LogP contribution in [0.5, 0.6) is 0 Å². The number of hydrogen-bond acceptors (Lipinski definition) is 2. The Hall–Kier alpha value is -0.810. The van der Waals surface area contributed by atoms with Crippen LogP contribution in [-0.2, 0) is 4.79 Å². The van der Waals surface area contributed by atoms with E-state index in [0.29, 0.717) is 17.7 Å². The maximum absolute atomic E-state index is 11.9. The first-order chi connectivity index (χ1) is 8.47. The van der Waals surface area contributed by atoms with Crippen molar-refractivity contribution < 1.29 is 4.79 Å². The Balaban J connectivity index is 1.95. The van der Waals surface area contributed by atoms with E-state index in [-0.39, 0.29) is 5.41 Å². The first-order valence-electron chi connectivity index (χ1n) is 7.24. The smallest absolute Gasteiger partial charge is 0.137 e. The number of carbonyl (C=O) groups is 1. The van der Waals surface area contributed by atoms with Crippen molar-refractivity contribution in [2.24, 2.45) is 11.3 Å². The lowest BCUT2D eigenvalue weighted by molar-refractivity contribution is -0.122. The van der Waals surface area contributed by atoms with Crippen LogP contribution in [0.4, 0.5) is 0 Å². The van der Waals surface area contributed by atoms with E-state index >= 15 is 0 Å². The second-order valence-electron chi connectivity index (χ2n) is 6.70. The highest BCUT2D eigenvalue weighted by atomic mass is 16.1. The zero-order chi connectivity index (χ0) is 13.2. The molecule has 1 saturated carbocycles. The number of carbonyl (C=O) groups excluding carboxylic acids is 1. The molecule has 0 N–H and O–H groups in total. The molecule has 0 spiro atoms. The van der Waals surface area contributed by atoms with Gasteiger partial charge in [-0.15, -0.1) is 0 Å². The second kappa shape index (κ2) is 5.45. The van der Waals surface area contributed by atoms with E-state index in [1.165, 1.54) is 12.8 Å². The summed E-state index contributed by atoms with van der Waals surface area (Å²) in [5.74, 6) is 7.40. The zero-order valence-corrected chi connectivity index (χ0v) is 12.0. The van der Waals surface area contributed by atoms with E-state index in [0.717, 1.165) is 32.4 Å². The molecule has 1 aliphatic heterocycles. The van der Waals surface area contributed by atoms with Gasteiger partial charge in [0, 0.05) is 23.8 Å². The van der Waals surface area contributed by atoms with Crippen molar-refractivity contribution in [2.45, 2.75) is 58.9 Å². The Morgan fingerprint density at radius 2 is 2.06 bits per heavy atom. The third-order valence-electron chi connectivity index (χ3n) is 3.98. The molecule has 0 aromatic carbocycles. The van der Waals surface area contributed by atoms with Gasteiger partial charge >= 0.3 is 0 Å². The summed E-state index contributed by atoms with van der Waals surface area (Å²) in [5.41, 5.74) is 0.0817. The molecule has 0 aromatic rings. The summed E-state index contributed by atoms with van der Waals surface area (Å²) in [6, 6.07) is 0.481. The monoisotopic (exact) mass is 247 g/mol. The molecule has 2 rings (SSSR count). The summed E-state index contributed by atoms with van der Waals surface area (Å²) in [6.07, 6.45) is 5.43. The molecular weight excluding hydrogens is 222 g/mol. The van der Waals surface area contributed by atoms with Crippen molar-refractivity contribution >= 4 is 5.78 Å². The minimum atomic E-state index is 0.0817. The SMILES string of the molecule is CC(C)(C)C#CCN1CCCC1C1CCCC1=O. The average molecular weight is 247 g/mol. The van der Waals surface area contributed by atoms with Crippen molar-refractivity contribution in [1.29, 1.82) is 0 Å². The Kier molecular flexibility index (Phi) is 4.12. The summed E-state index contributed by atoms with van der Waals surface area (Å²) < 4.78 is 0. The van der Waals surface area contributed by atoms with Gasteiger partial charge in [0.25, 0.3) is 0 Å². The molecule has 100 valence electrons. The molecule has 2 atom stereocenters. The van der Waals surface area contributed by atoms with Gasteiger partial charge in [0.1, 0.15) is 5.78 Å². The van der Waals surface area contributed by atoms with Crippen molar-refractivity contribution in [3.05, 3.63) is 0 Å². The van der Waals surface area contributed by atoms with Crippen LogP contribution in [0.3, 0.4) is 0 Å². The van der Waals surface area contributed by atoms with E-state index in [2.05, 4.69) is 37.5 Å². The zero-order valence-electron chi connectivity index (χ0n) is 12.0. The number of hydrogen-bond donors (Lipinski definition) is 0. The van der Waals surface area contributed by atoms with Crippen LogP contribution < -0.4 is 0 Å². The number of nitrogens with zero attached hydrogens (tertiary/aromatic N) is 1. The molecule has 0 radical (unpaired) electrons. The van der Waals surface area contributed by atoms with E-state index < -0.39 is 0 Å². The van der Waals surface area contributed by atoms with E-state index in [9.17, 15) is 4.79 Å². The van der Waals surface area contributed by atoms with Crippen LogP contribution in [0.15, 0.2) is 0 Å². The van der Waals surface area contributed by atoms with Gasteiger partial charge in [-0.25, -0.2) is 0 Å². The lowest BCUT2D eigenvalue weighted by Crippen LogP contribution is -2.37. The second-order valence-corrected chi connectivity index (χ2v) is 6.70. The summed E-state index contributed by atoms with van der Waals surface area (Å²) in [4.78, 5) is 14.3. The Labute approximate surface area is 111 Å². The van der Waals surface area contributed by atoms with Gasteiger partial charge in [-0.3, -0.25) is 9.69 Å². The van der Waals surface area contributed by atoms with Gasteiger partial charge in [0.15, 0.2) is 0 Å². The van der Waals surface area contributed by atoms with Gasteiger partial charge in [-0.1, -0.05) is 11.8 Å². The molecular formula is C16H25NO. The van der Waals surface area contributed by atoms with Crippen LogP contribution in [0.1, 0.15) is 52.9 Å². The van der Waals surface area contributed by atoms with Crippen LogP contribution in [-0.4, -0.2) is 29.8 Å². The molecule has 1 aliphatic carbocycles. The summed E-state index contributed by atoms with van der Waals surface area (Å²) in [5, 5.41) is 0. The highest BCUT2D eigenvalue weighted by molar-refractivity contribution is 5.83. The minimum absolute atomic E-state index is 0.0817. The topological polar surface area (TPSA) is 20.3 Å². The van der Waals surface area contributed by atoms with Gasteiger partial charge in [0.2, 0.25) is 0 Å². The molecule has 0 aromatic heterocycles. The fraction of sp³-hybridized carbons (Fsp3) is 0.812. The molecule has 1 saturated heterocycles. The van der Waals surface area contributed by atoms with Crippen LogP contribution in [0, 0.1) is 23.2 Å². The minimum Gasteiger partial charge on any atom is -0.299 e. The fourth-order valence-electron chi connectivity index (χ4n) is 3.16. The quantitative estimate of drug-likeness (QED) is 0.699. The van der Waals surface area contributed by atoms with E-state index in [1.54, 1.807) is 0 Å². The van der Waals surface area contributed by atoms with Crippen LogP contribution >= 0.6 is 0 Å². The first kappa shape index (κ1) is 13.6. The highest BCUT2D eigenvalue weighted by Crippen LogP contribution is 2.32. The predicted octanol–water partition coefficient (Wildman–Crippen LogP) is 2.87. The fourth-order valence-corrected chi connectivity index (χ4v) is 3.16. The largest absolute Gasteiger partial charge is 0.299 e. The van der Waals surface area contributed by atoms with E-state index in [4.69, 9.17) is 0 Å². The van der Waals surface area contributed by atoms with Gasteiger partial charge < -0.3 is 0 Å². The Morgan fingerprint density at radius 3 is 2.67 bits per heavy atom. The maximum atomic E-state index is 11.9. The van der Waals surface area contributed by atoms with Crippen LogP contribution in [0.25, 0.3) is 0 Å². The molecule has 18 heavy (non-hydrogen) atoms. The average Bonchev–Trinajstić information content (AvgIpc) is 2.84. The predicted molar refractivity (Wildman–Crippen MR) is 74.2 cm³/mol. The van der Waals surface area contributed by atoms with Crippen molar-refractivity contribution in [3.8, 4) is 11.8 Å². The number of likely N-dealkylation sites (tertiary alicyclic amines) is 1. The van der Waals surface area contributed by atoms with Crippen molar-refractivity contribution in [2.75, 3.05) is 13.1 Å².